The molecule has 0 radical (unpaired) electrons. The van der Waals surface area contributed by atoms with Gasteiger partial charge in [0.05, 0.1) is 20.3 Å². The molecule has 0 spiro atoms. The predicted molar refractivity (Wildman–Crippen MR) is 108 cm³/mol. The van der Waals surface area contributed by atoms with Gasteiger partial charge in [-0.3, -0.25) is 14.6 Å². The minimum Gasteiger partial charge on any atom is -0.497 e. The summed E-state index contributed by atoms with van der Waals surface area (Å²) >= 11 is 0. The van der Waals surface area contributed by atoms with E-state index in [0.717, 1.165) is 56.2 Å². The van der Waals surface area contributed by atoms with Gasteiger partial charge in [0.25, 0.3) is 0 Å². The topological polar surface area (TPSA) is 54.0 Å². The zero-order valence-corrected chi connectivity index (χ0v) is 17.7. The minimum absolute atomic E-state index is 0.107. The molecule has 6 nitrogen and oxygen atoms in total. The minimum atomic E-state index is -0.157. The number of hydrogen-bond donors (Lipinski definition) is 1. The Balaban J connectivity index is 1.91. The Morgan fingerprint density at radius 2 is 1.85 bits per heavy atom. The van der Waals surface area contributed by atoms with E-state index < -0.39 is 0 Å². The number of nitrogens with one attached hydrogen (secondary N) is 1. The SMILES string of the molecule is CCC(C)(C)NC(=O)C(C)N1CCN(Cc2cc(OC)ccc2OC)CC1. The third kappa shape index (κ3) is 5.84. The van der Waals surface area contributed by atoms with Crippen LogP contribution in [-0.4, -0.2) is 67.7 Å². The van der Waals surface area contributed by atoms with Gasteiger partial charge >= 0.3 is 0 Å². The number of hydrogen-bond acceptors (Lipinski definition) is 5. The molecule has 1 aliphatic rings. The Kier molecular flexibility index (Phi) is 7.50. The zero-order valence-electron chi connectivity index (χ0n) is 17.7. The molecule has 0 saturated carbocycles. The van der Waals surface area contributed by atoms with Crippen molar-refractivity contribution in [2.75, 3.05) is 40.4 Å². The third-order valence-electron chi connectivity index (χ3n) is 5.56. The fourth-order valence-corrected chi connectivity index (χ4v) is 3.25. The van der Waals surface area contributed by atoms with Crippen molar-refractivity contribution in [2.45, 2.75) is 52.2 Å². The number of carbonyl (C=O) groups is 1. The summed E-state index contributed by atoms with van der Waals surface area (Å²) in [5, 5.41) is 3.16. The van der Waals surface area contributed by atoms with Gasteiger partial charge in [-0.15, -0.1) is 0 Å². The van der Waals surface area contributed by atoms with E-state index in [4.69, 9.17) is 9.47 Å². The Morgan fingerprint density at radius 1 is 1.19 bits per heavy atom. The molecule has 1 unspecified atom stereocenters. The van der Waals surface area contributed by atoms with E-state index in [0.29, 0.717) is 0 Å². The van der Waals surface area contributed by atoms with Crippen LogP contribution in [0.25, 0.3) is 0 Å². The molecule has 2 rings (SSSR count). The van der Waals surface area contributed by atoms with Crippen LogP contribution in [0.3, 0.4) is 0 Å². The monoisotopic (exact) mass is 377 g/mol. The second-order valence-electron chi connectivity index (χ2n) is 7.89. The first-order valence-electron chi connectivity index (χ1n) is 9.79. The smallest absolute Gasteiger partial charge is 0.237 e. The average molecular weight is 378 g/mol. The third-order valence-corrected chi connectivity index (χ3v) is 5.56. The van der Waals surface area contributed by atoms with Crippen molar-refractivity contribution in [1.29, 1.82) is 0 Å². The molecule has 1 aromatic rings. The van der Waals surface area contributed by atoms with Gasteiger partial charge < -0.3 is 14.8 Å². The average Bonchev–Trinajstić information content (AvgIpc) is 2.67. The fraction of sp³-hybridized carbons (Fsp3) is 0.667. The van der Waals surface area contributed by atoms with Crippen LogP contribution in [-0.2, 0) is 11.3 Å². The van der Waals surface area contributed by atoms with Crippen LogP contribution >= 0.6 is 0 Å². The zero-order chi connectivity index (χ0) is 20.0. The molecule has 1 saturated heterocycles. The van der Waals surface area contributed by atoms with Gasteiger partial charge in [-0.2, -0.15) is 0 Å². The van der Waals surface area contributed by atoms with Gasteiger partial charge in [0.1, 0.15) is 11.5 Å². The van der Waals surface area contributed by atoms with Crippen LogP contribution in [0.2, 0.25) is 0 Å². The molecule has 0 aromatic heterocycles. The van der Waals surface area contributed by atoms with E-state index in [1.807, 2.05) is 25.1 Å². The molecule has 1 heterocycles. The summed E-state index contributed by atoms with van der Waals surface area (Å²) in [6.45, 7) is 12.7. The van der Waals surface area contributed by atoms with Crippen LogP contribution in [0, 0.1) is 0 Å². The molecular formula is C21H35N3O3. The molecule has 27 heavy (non-hydrogen) atoms. The molecule has 1 aliphatic heterocycles. The maximum Gasteiger partial charge on any atom is 0.237 e. The summed E-state index contributed by atoms with van der Waals surface area (Å²) in [7, 11) is 3.37. The van der Waals surface area contributed by atoms with E-state index in [1.54, 1.807) is 14.2 Å². The number of amides is 1. The predicted octanol–water partition coefficient (Wildman–Crippen LogP) is 2.51. The highest BCUT2D eigenvalue weighted by Gasteiger charge is 2.28. The van der Waals surface area contributed by atoms with Crippen LogP contribution in [0.4, 0.5) is 0 Å². The molecule has 6 heteroatoms. The summed E-state index contributed by atoms with van der Waals surface area (Å²) in [6.07, 6.45) is 0.918. The van der Waals surface area contributed by atoms with E-state index in [1.165, 1.54) is 0 Å². The summed E-state index contributed by atoms with van der Waals surface area (Å²) in [5.74, 6) is 1.84. The second-order valence-corrected chi connectivity index (χ2v) is 7.89. The summed E-state index contributed by atoms with van der Waals surface area (Å²) in [4.78, 5) is 17.2. The molecule has 0 aliphatic carbocycles. The van der Waals surface area contributed by atoms with E-state index >= 15 is 0 Å². The molecular weight excluding hydrogens is 342 g/mol. The van der Waals surface area contributed by atoms with Crippen molar-refractivity contribution in [3.05, 3.63) is 23.8 Å². The van der Waals surface area contributed by atoms with Gasteiger partial charge in [-0.25, -0.2) is 0 Å². The number of benzene rings is 1. The van der Waals surface area contributed by atoms with Crippen molar-refractivity contribution in [3.63, 3.8) is 0 Å². The number of rotatable bonds is 8. The van der Waals surface area contributed by atoms with Crippen molar-refractivity contribution in [2.24, 2.45) is 0 Å². The summed E-state index contributed by atoms with van der Waals surface area (Å²) in [6, 6.07) is 5.79. The number of piperazine rings is 1. The van der Waals surface area contributed by atoms with E-state index in [9.17, 15) is 4.79 Å². The lowest BCUT2D eigenvalue weighted by molar-refractivity contribution is -0.128. The molecule has 1 aromatic carbocycles. The van der Waals surface area contributed by atoms with Gasteiger partial charge in [-0.1, -0.05) is 6.92 Å². The Morgan fingerprint density at radius 3 is 2.41 bits per heavy atom. The molecule has 1 fully saturated rings. The Bertz CT molecular complexity index is 625. The summed E-state index contributed by atoms with van der Waals surface area (Å²) in [5.41, 5.74) is 0.969. The molecule has 152 valence electrons. The molecule has 0 bridgehead atoms. The molecule has 1 amide bonds. The van der Waals surface area contributed by atoms with Gasteiger partial charge in [-0.05, 0) is 45.4 Å². The standard InChI is InChI=1S/C21H35N3O3/c1-7-21(3,4)22-20(25)16(2)24-12-10-23(11-13-24)15-17-14-18(26-5)8-9-19(17)27-6/h8-9,14,16H,7,10-13,15H2,1-6H3,(H,22,25). The van der Waals surface area contributed by atoms with Gasteiger partial charge in [0.2, 0.25) is 5.91 Å². The number of nitrogens with zero attached hydrogens (tertiary/aromatic N) is 2. The highest BCUT2D eigenvalue weighted by molar-refractivity contribution is 5.82. The van der Waals surface area contributed by atoms with E-state index in [-0.39, 0.29) is 17.5 Å². The normalized spacial score (nSPS) is 17.4. The number of methoxy groups -OCH3 is 2. The highest BCUT2D eigenvalue weighted by atomic mass is 16.5. The van der Waals surface area contributed by atoms with Gasteiger partial charge in [0, 0.05) is 43.8 Å². The Hall–Kier alpha value is -1.79. The van der Waals surface area contributed by atoms with Crippen molar-refractivity contribution >= 4 is 5.91 Å². The fourth-order valence-electron chi connectivity index (χ4n) is 3.25. The van der Waals surface area contributed by atoms with Crippen LogP contribution in [0.5, 0.6) is 11.5 Å². The van der Waals surface area contributed by atoms with E-state index in [2.05, 4.69) is 35.9 Å². The first-order chi connectivity index (χ1) is 12.8. The van der Waals surface area contributed by atoms with Gasteiger partial charge in [0.15, 0.2) is 0 Å². The first-order valence-corrected chi connectivity index (χ1v) is 9.79. The van der Waals surface area contributed by atoms with Crippen LogP contribution in [0.15, 0.2) is 18.2 Å². The maximum absolute atomic E-state index is 12.5. The quantitative estimate of drug-likeness (QED) is 0.754. The largest absolute Gasteiger partial charge is 0.497 e. The lowest BCUT2D eigenvalue weighted by atomic mass is 10.0. The first kappa shape index (κ1) is 21.5. The van der Waals surface area contributed by atoms with Crippen molar-refractivity contribution < 1.29 is 14.3 Å². The maximum atomic E-state index is 12.5. The second kappa shape index (κ2) is 9.42. The highest BCUT2D eigenvalue weighted by Crippen LogP contribution is 2.25. The molecule has 1 atom stereocenters. The number of ether oxygens (including phenoxy) is 2. The lowest BCUT2D eigenvalue weighted by Crippen LogP contribution is -2.56. The summed E-state index contributed by atoms with van der Waals surface area (Å²) < 4.78 is 10.8. The lowest BCUT2D eigenvalue weighted by Gasteiger charge is -2.38. The van der Waals surface area contributed by atoms with Crippen LogP contribution < -0.4 is 14.8 Å². The Labute approximate surface area is 163 Å². The van der Waals surface area contributed by atoms with Crippen molar-refractivity contribution in [3.8, 4) is 11.5 Å². The van der Waals surface area contributed by atoms with Crippen molar-refractivity contribution in [1.82, 2.24) is 15.1 Å². The number of carbonyl (C=O) groups excluding carboxylic acids is 1. The molecule has 1 N–H and O–H groups in total. The van der Waals surface area contributed by atoms with Crippen LogP contribution in [0.1, 0.15) is 39.7 Å².